The minimum absolute atomic E-state index is 0.0386. The van der Waals surface area contributed by atoms with Crippen LogP contribution < -0.4 is 0 Å². The summed E-state index contributed by atoms with van der Waals surface area (Å²) in [5, 5.41) is 14.3. The highest BCUT2D eigenvalue weighted by Gasteiger charge is 2.11. The molecule has 0 fully saturated rings. The number of halogens is 2. The lowest BCUT2D eigenvalue weighted by Gasteiger charge is -1.99. The second-order valence-electron chi connectivity index (χ2n) is 4.37. The molecule has 0 atom stereocenters. The van der Waals surface area contributed by atoms with E-state index in [0.717, 1.165) is 5.56 Å². The van der Waals surface area contributed by atoms with Crippen molar-refractivity contribution >= 4 is 23.2 Å². The Labute approximate surface area is 130 Å². The Morgan fingerprint density at radius 3 is 2.71 bits per heavy atom. The van der Waals surface area contributed by atoms with E-state index < -0.39 is 0 Å². The van der Waals surface area contributed by atoms with Gasteiger partial charge in [-0.3, -0.25) is 4.98 Å². The van der Waals surface area contributed by atoms with Crippen LogP contribution in [0.15, 0.2) is 41.2 Å². The Bertz CT molecular complexity index is 789. The molecule has 0 aliphatic heterocycles. The van der Waals surface area contributed by atoms with Gasteiger partial charge < -0.3 is 9.63 Å². The molecule has 1 N–H and O–H groups in total. The zero-order chi connectivity index (χ0) is 14.8. The molecule has 2 aromatic heterocycles. The van der Waals surface area contributed by atoms with Crippen LogP contribution in [0.4, 0.5) is 0 Å². The van der Waals surface area contributed by atoms with Gasteiger partial charge in [0.05, 0.1) is 21.8 Å². The molecule has 0 spiro atoms. The molecule has 3 aromatic rings. The summed E-state index contributed by atoms with van der Waals surface area (Å²) in [4.78, 5) is 8.13. The van der Waals surface area contributed by atoms with E-state index in [0.29, 0.717) is 33.7 Å². The molecule has 0 saturated heterocycles. The van der Waals surface area contributed by atoms with Crippen LogP contribution in [-0.2, 0) is 6.42 Å². The molecule has 0 unspecified atom stereocenters. The van der Waals surface area contributed by atoms with Gasteiger partial charge in [-0.05, 0) is 23.8 Å². The quantitative estimate of drug-likeness (QED) is 0.795. The lowest BCUT2D eigenvalue weighted by atomic mass is 10.1. The van der Waals surface area contributed by atoms with Gasteiger partial charge in [0.25, 0.3) is 5.89 Å². The van der Waals surface area contributed by atoms with Crippen LogP contribution in [-0.4, -0.2) is 20.2 Å². The standard InChI is InChI=1S/C14H9Cl2N3O2/c15-11-2-1-8(3-12(11)16)4-13-18-14(21-19-13)9-5-10(20)7-17-6-9/h1-3,5-7,20H,4H2. The average Bonchev–Trinajstić information content (AvgIpc) is 2.91. The molecule has 21 heavy (non-hydrogen) atoms. The average molecular weight is 322 g/mol. The molecule has 0 bridgehead atoms. The highest BCUT2D eigenvalue weighted by molar-refractivity contribution is 6.42. The SMILES string of the molecule is Oc1cncc(-c2nc(Cc3ccc(Cl)c(Cl)c3)no2)c1. The fourth-order valence-electron chi connectivity index (χ4n) is 1.82. The van der Waals surface area contributed by atoms with Gasteiger partial charge in [-0.25, -0.2) is 0 Å². The molecular weight excluding hydrogens is 313 g/mol. The van der Waals surface area contributed by atoms with Gasteiger partial charge in [0.1, 0.15) is 5.75 Å². The van der Waals surface area contributed by atoms with E-state index in [2.05, 4.69) is 15.1 Å². The minimum atomic E-state index is 0.0386. The molecule has 2 heterocycles. The van der Waals surface area contributed by atoms with Crippen LogP contribution >= 0.6 is 23.2 Å². The third-order valence-electron chi connectivity index (χ3n) is 2.79. The van der Waals surface area contributed by atoms with Crippen LogP contribution in [0.3, 0.4) is 0 Å². The monoisotopic (exact) mass is 321 g/mol. The zero-order valence-corrected chi connectivity index (χ0v) is 12.1. The van der Waals surface area contributed by atoms with Crippen molar-refractivity contribution in [3.63, 3.8) is 0 Å². The first-order valence-electron chi connectivity index (χ1n) is 6.03. The van der Waals surface area contributed by atoms with Crippen molar-refractivity contribution in [1.82, 2.24) is 15.1 Å². The Morgan fingerprint density at radius 2 is 1.95 bits per heavy atom. The number of pyridine rings is 1. The molecule has 0 aliphatic rings. The Hall–Kier alpha value is -2.11. The van der Waals surface area contributed by atoms with Crippen LogP contribution in [0.1, 0.15) is 11.4 Å². The summed E-state index contributed by atoms with van der Waals surface area (Å²) in [5.74, 6) is 0.844. The third kappa shape index (κ3) is 3.15. The molecule has 0 amide bonds. The molecular formula is C14H9Cl2N3O2. The van der Waals surface area contributed by atoms with E-state index in [1.165, 1.54) is 18.5 Å². The molecule has 0 aliphatic carbocycles. The maximum atomic E-state index is 9.39. The van der Waals surface area contributed by atoms with Crippen molar-refractivity contribution < 1.29 is 9.63 Å². The topological polar surface area (TPSA) is 72.0 Å². The number of aromatic hydroxyl groups is 1. The number of hydrogen-bond donors (Lipinski definition) is 1. The number of nitrogens with zero attached hydrogens (tertiary/aromatic N) is 3. The maximum absolute atomic E-state index is 9.39. The van der Waals surface area contributed by atoms with Crippen LogP contribution in [0.2, 0.25) is 10.0 Å². The molecule has 1 aromatic carbocycles. The largest absolute Gasteiger partial charge is 0.506 e. The highest BCUT2D eigenvalue weighted by Crippen LogP contribution is 2.24. The lowest BCUT2D eigenvalue weighted by molar-refractivity contribution is 0.423. The van der Waals surface area contributed by atoms with Crippen LogP contribution in [0.25, 0.3) is 11.5 Å². The van der Waals surface area contributed by atoms with E-state index >= 15 is 0 Å². The van der Waals surface area contributed by atoms with Crippen LogP contribution in [0, 0.1) is 0 Å². The summed E-state index contributed by atoms with van der Waals surface area (Å²) in [6.07, 6.45) is 3.33. The van der Waals surface area contributed by atoms with Crippen molar-refractivity contribution in [2.45, 2.75) is 6.42 Å². The van der Waals surface area contributed by atoms with E-state index in [1.807, 2.05) is 6.07 Å². The van der Waals surface area contributed by atoms with Crippen molar-refractivity contribution in [3.8, 4) is 17.2 Å². The fraction of sp³-hybridized carbons (Fsp3) is 0.0714. The van der Waals surface area contributed by atoms with Gasteiger partial charge in [0.2, 0.25) is 0 Å². The first-order chi connectivity index (χ1) is 10.1. The molecule has 106 valence electrons. The normalized spacial score (nSPS) is 10.8. The predicted molar refractivity (Wildman–Crippen MR) is 78.5 cm³/mol. The summed E-state index contributed by atoms with van der Waals surface area (Å²) in [6.45, 7) is 0. The minimum Gasteiger partial charge on any atom is -0.506 e. The smallest absolute Gasteiger partial charge is 0.259 e. The summed E-state index contributed by atoms with van der Waals surface area (Å²) >= 11 is 11.8. The summed E-state index contributed by atoms with van der Waals surface area (Å²) < 4.78 is 5.16. The first kappa shape index (κ1) is 13.9. The summed E-state index contributed by atoms with van der Waals surface area (Å²) in [6, 6.07) is 6.83. The zero-order valence-electron chi connectivity index (χ0n) is 10.6. The van der Waals surface area contributed by atoms with Crippen molar-refractivity contribution in [1.29, 1.82) is 0 Å². The fourth-order valence-corrected chi connectivity index (χ4v) is 2.14. The second kappa shape index (κ2) is 5.71. The highest BCUT2D eigenvalue weighted by atomic mass is 35.5. The van der Waals surface area contributed by atoms with E-state index in [4.69, 9.17) is 27.7 Å². The van der Waals surface area contributed by atoms with E-state index in [9.17, 15) is 5.11 Å². The molecule has 7 heteroatoms. The maximum Gasteiger partial charge on any atom is 0.259 e. The lowest BCUT2D eigenvalue weighted by Crippen LogP contribution is -1.91. The Morgan fingerprint density at radius 1 is 1.10 bits per heavy atom. The van der Waals surface area contributed by atoms with Gasteiger partial charge in [-0.1, -0.05) is 34.4 Å². The summed E-state index contributed by atoms with van der Waals surface area (Å²) in [5.41, 5.74) is 1.48. The molecule has 3 rings (SSSR count). The van der Waals surface area contributed by atoms with Crippen molar-refractivity contribution in [2.24, 2.45) is 0 Å². The van der Waals surface area contributed by atoms with E-state index in [-0.39, 0.29) is 5.75 Å². The van der Waals surface area contributed by atoms with Gasteiger partial charge in [0, 0.05) is 12.6 Å². The van der Waals surface area contributed by atoms with E-state index in [1.54, 1.807) is 12.1 Å². The number of hydrogen-bond acceptors (Lipinski definition) is 5. The second-order valence-corrected chi connectivity index (χ2v) is 5.19. The Kier molecular flexibility index (Phi) is 3.77. The predicted octanol–water partition coefficient (Wildman–Crippen LogP) is 3.73. The first-order valence-corrected chi connectivity index (χ1v) is 6.78. The van der Waals surface area contributed by atoms with Crippen molar-refractivity contribution in [2.75, 3.05) is 0 Å². The number of aromatic nitrogens is 3. The summed E-state index contributed by atoms with van der Waals surface area (Å²) in [7, 11) is 0. The van der Waals surface area contributed by atoms with Gasteiger partial charge in [0.15, 0.2) is 5.82 Å². The molecule has 5 nitrogen and oxygen atoms in total. The van der Waals surface area contributed by atoms with Gasteiger partial charge >= 0.3 is 0 Å². The Balaban J connectivity index is 1.83. The van der Waals surface area contributed by atoms with Gasteiger partial charge in [-0.15, -0.1) is 0 Å². The number of benzene rings is 1. The number of rotatable bonds is 3. The van der Waals surface area contributed by atoms with Crippen molar-refractivity contribution in [3.05, 3.63) is 58.1 Å². The molecule has 0 radical (unpaired) electrons. The van der Waals surface area contributed by atoms with Crippen LogP contribution in [0.5, 0.6) is 5.75 Å². The molecule has 0 saturated carbocycles. The third-order valence-corrected chi connectivity index (χ3v) is 3.52. The van der Waals surface area contributed by atoms with Gasteiger partial charge in [-0.2, -0.15) is 4.98 Å².